The molecule has 1 amide bonds. The fourth-order valence-corrected chi connectivity index (χ4v) is 3.57. The van der Waals surface area contributed by atoms with Crippen LogP contribution in [0.2, 0.25) is 10.0 Å². The Bertz CT molecular complexity index is 731. The van der Waals surface area contributed by atoms with Crippen molar-refractivity contribution in [3.8, 4) is 0 Å². The fraction of sp³-hybridized carbons (Fsp3) is 0.316. The van der Waals surface area contributed by atoms with E-state index in [4.69, 9.17) is 23.2 Å². The first-order valence-electron chi connectivity index (χ1n) is 8.23. The van der Waals surface area contributed by atoms with Crippen molar-refractivity contribution in [2.45, 2.75) is 13.0 Å². The molecule has 25 heavy (non-hydrogen) atoms. The van der Waals surface area contributed by atoms with Crippen LogP contribution in [0.25, 0.3) is 0 Å². The predicted molar refractivity (Wildman–Crippen MR) is 98.7 cm³/mol. The van der Waals surface area contributed by atoms with Crippen LogP contribution >= 0.6 is 23.2 Å². The van der Waals surface area contributed by atoms with E-state index in [0.29, 0.717) is 28.7 Å². The van der Waals surface area contributed by atoms with E-state index in [0.717, 1.165) is 31.6 Å². The SMILES string of the molecule is O=C(c1cc(Cl)cc(Cl)c1)N1CCCN(Cc2ccc(F)cc2)CC1. The Morgan fingerprint density at radius 1 is 0.960 bits per heavy atom. The van der Waals surface area contributed by atoms with Gasteiger partial charge in [0.1, 0.15) is 5.82 Å². The number of carbonyl (C=O) groups is 1. The largest absolute Gasteiger partial charge is 0.337 e. The molecule has 132 valence electrons. The van der Waals surface area contributed by atoms with E-state index >= 15 is 0 Å². The molecule has 1 aliphatic rings. The van der Waals surface area contributed by atoms with E-state index < -0.39 is 0 Å². The first-order valence-corrected chi connectivity index (χ1v) is 8.99. The van der Waals surface area contributed by atoms with Gasteiger partial charge in [0, 0.05) is 48.3 Å². The Morgan fingerprint density at radius 2 is 1.64 bits per heavy atom. The van der Waals surface area contributed by atoms with Gasteiger partial charge in [-0.05, 0) is 42.3 Å². The third kappa shape index (κ3) is 4.94. The molecule has 1 fully saturated rings. The summed E-state index contributed by atoms with van der Waals surface area (Å²) in [5.74, 6) is -0.274. The van der Waals surface area contributed by atoms with Crippen molar-refractivity contribution in [3.63, 3.8) is 0 Å². The number of halogens is 3. The fourth-order valence-electron chi connectivity index (χ4n) is 3.04. The summed E-state index contributed by atoms with van der Waals surface area (Å²) >= 11 is 12.0. The number of amides is 1. The second-order valence-electron chi connectivity index (χ2n) is 6.21. The molecule has 2 aromatic rings. The van der Waals surface area contributed by atoms with Gasteiger partial charge in [-0.2, -0.15) is 0 Å². The minimum atomic E-state index is -0.225. The summed E-state index contributed by atoms with van der Waals surface area (Å²) in [4.78, 5) is 16.8. The van der Waals surface area contributed by atoms with Crippen LogP contribution in [0.15, 0.2) is 42.5 Å². The van der Waals surface area contributed by atoms with Crippen molar-refractivity contribution < 1.29 is 9.18 Å². The zero-order valence-corrected chi connectivity index (χ0v) is 15.2. The molecule has 0 spiro atoms. The van der Waals surface area contributed by atoms with Gasteiger partial charge in [-0.3, -0.25) is 9.69 Å². The number of hydrogen-bond acceptors (Lipinski definition) is 2. The van der Waals surface area contributed by atoms with Crippen LogP contribution in [-0.2, 0) is 6.54 Å². The lowest BCUT2D eigenvalue weighted by molar-refractivity contribution is 0.0761. The first-order chi connectivity index (χ1) is 12.0. The highest BCUT2D eigenvalue weighted by Gasteiger charge is 2.21. The van der Waals surface area contributed by atoms with Crippen LogP contribution in [0, 0.1) is 5.82 Å². The quantitative estimate of drug-likeness (QED) is 0.783. The van der Waals surface area contributed by atoms with Gasteiger partial charge in [-0.1, -0.05) is 35.3 Å². The molecule has 0 aromatic heterocycles. The number of benzene rings is 2. The lowest BCUT2D eigenvalue weighted by Crippen LogP contribution is -2.35. The van der Waals surface area contributed by atoms with E-state index in [1.807, 2.05) is 4.90 Å². The molecule has 0 N–H and O–H groups in total. The van der Waals surface area contributed by atoms with Crippen molar-refractivity contribution in [2.75, 3.05) is 26.2 Å². The molecule has 0 radical (unpaired) electrons. The highest BCUT2D eigenvalue weighted by atomic mass is 35.5. The maximum absolute atomic E-state index is 13.0. The van der Waals surface area contributed by atoms with Crippen LogP contribution in [0.5, 0.6) is 0 Å². The molecule has 0 bridgehead atoms. The Morgan fingerprint density at radius 3 is 2.32 bits per heavy atom. The molecule has 0 saturated carbocycles. The predicted octanol–water partition coefficient (Wildman–Crippen LogP) is 4.48. The average Bonchev–Trinajstić information content (AvgIpc) is 2.81. The third-order valence-electron chi connectivity index (χ3n) is 4.30. The highest BCUT2D eigenvalue weighted by molar-refractivity contribution is 6.35. The Hall–Kier alpha value is -1.62. The molecule has 0 aliphatic carbocycles. The summed E-state index contributed by atoms with van der Waals surface area (Å²) in [5.41, 5.74) is 1.59. The molecule has 2 aromatic carbocycles. The molecule has 6 heteroatoms. The molecule has 1 aliphatic heterocycles. The monoisotopic (exact) mass is 380 g/mol. The van der Waals surface area contributed by atoms with E-state index in [1.165, 1.54) is 12.1 Å². The average molecular weight is 381 g/mol. The van der Waals surface area contributed by atoms with E-state index in [-0.39, 0.29) is 11.7 Å². The van der Waals surface area contributed by atoms with Gasteiger partial charge in [-0.25, -0.2) is 4.39 Å². The van der Waals surface area contributed by atoms with Gasteiger partial charge in [0.15, 0.2) is 0 Å². The molecule has 1 heterocycles. The van der Waals surface area contributed by atoms with Crippen molar-refractivity contribution in [2.24, 2.45) is 0 Å². The number of rotatable bonds is 3. The van der Waals surface area contributed by atoms with Crippen molar-refractivity contribution in [3.05, 3.63) is 69.5 Å². The lowest BCUT2D eigenvalue weighted by atomic mass is 10.2. The summed E-state index contributed by atoms with van der Waals surface area (Å²) in [6, 6.07) is 11.5. The maximum atomic E-state index is 13.0. The molecule has 0 atom stereocenters. The smallest absolute Gasteiger partial charge is 0.254 e. The molecule has 0 unspecified atom stereocenters. The Kier molecular flexibility index (Phi) is 5.94. The zero-order valence-electron chi connectivity index (χ0n) is 13.7. The van der Waals surface area contributed by atoms with Gasteiger partial charge < -0.3 is 4.90 Å². The summed E-state index contributed by atoms with van der Waals surface area (Å²) in [5, 5.41) is 0.923. The van der Waals surface area contributed by atoms with Crippen LogP contribution in [0.3, 0.4) is 0 Å². The van der Waals surface area contributed by atoms with Crippen LogP contribution in [-0.4, -0.2) is 41.9 Å². The van der Waals surface area contributed by atoms with Crippen molar-refractivity contribution in [1.82, 2.24) is 9.80 Å². The third-order valence-corrected chi connectivity index (χ3v) is 4.74. The van der Waals surface area contributed by atoms with Gasteiger partial charge >= 0.3 is 0 Å². The van der Waals surface area contributed by atoms with Gasteiger partial charge in [0.05, 0.1) is 0 Å². The Labute approximate surface area is 156 Å². The minimum Gasteiger partial charge on any atom is -0.337 e. The van der Waals surface area contributed by atoms with Crippen molar-refractivity contribution >= 4 is 29.1 Å². The van der Waals surface area contributed by atoms with Crippen LogP contribution in [0.1, 0.15) is 22.3 Å². The molecule has 1 saturated heterocycles. The maximum Gasteiger partial charge on any atom is 0.254 e. The van der Waals surface area contributed by atoms with Crippen molar-refractivity contribution in [1.29, 1.82) is 0 Å². The summed E-state index contributed by atoms with van der Waals surface area (Å²) in [6.07, 6.45) is 0.890. The molecular weight excluding hydrogens is 362 g/mol. The topological polar surface area (TPSA) is 23.6 Å². The van der Waals surface area contributed by atoms with Gasteiger partial charge in [0.2, 0.25) is 0 Å². The summed E-state index contributed by atoms with van der Waals surface area (Å²) in [6.45, 7) is 3.77. The van der Waals surface area contributed by atoms with E-state index in [2.05, 4.69) is 4.90 Å². The second kappa shape index (κ2) is 8.17. The first kappa shape index (κ1) is 18.2. The standard InChI is InChI=1S/C19H19Cl2FN2O/c20-16-10-15(11-17(21)12-16)19(25)24-7-1-6-23(8-9-24)13-14-2-4-18(22)5-3-14/h2-5,10-12H,1,6-9,13H2. The highest BCUT2D eigenvalue weighted by Crippen LogP contribution is 2.21. The van der Waals surface area contributed by atoms with Gasteiger partial charge in [0.25, 0.3) is 5.91 Å². The second-order valence-corrected chi connectivity index (χ2v) is 7.08. The normalized spacial score (nSPS) is 15.9. The summed E-state index contributed by atoms with van der Waals surface area (Å²) < 4.78 is 13.0. The van der Waals surface area contributed by atoms with E-state index in [9.17, 15) is 9.18 Å². The number of hydrogen-bond donors (Lipinski definition) is 0. The van der Waals surface area contributed by atoms with E-state index in [1.54, 1.807) is 30.3 Å². The lowest BCUT2D eigenvalue weighted by Gasteiger charge is -2.22. The molecular formula is C19H19Cl2FN2O. The number of nitrogens with zero attached hydrogens (tertiary/aromatic N) is 2. The molecule has 3 rings (SSSR count). The summed E-state index contributed by atoms with van der Waals surface area (Å²) in [7, 11) is 0. The number of carbonyl (C=O) groups excluding carboxylic acids is 1. The zero-order chi connectivity index (χ0) is 17.8. The van der Waals surface area contributed by atoms with Gasteiger partial charge in [-0.15, -0.1) is 0 Å². The van der Waals surface area contributed by atoms with Crippen LogP contribution < -0.4 is 0 Å². The minimum absolute atomic E-state index is 0.0481. The Balaban J connectivity index is 1.62. The van der Waals surface area contributed by atoms with Crippen LogP contribution in [0.4, 0.5) is 4.39 Å². The molecule has 3 nitrogen and oxygen atoms in total.